The molecule has 1 amide bonds. The topological polar surface area (TPSA) is 75.8 Å². The number of phenols is 1. The Bertz CT molecular complexity index is 710. The van der Waals surface area contributed by atoms with Crippen molar-refractivity contribution in [1.82, 2.24) is 9.99 Å². The van der Waals surface area contributed by atoms with Crippen molar-refractivity contribution in [2.24, 2.45) is 12.1 Å². The third kappa shape index (κ3) is 3.88. The third-order valence-electron chi connectivity index (χ3n) is 3.07. The van der Waals surface area contributed by atoms with Crippen LogP contribution in [0.2, 0.25) is 0 Å². The average Bonchev–Trinajstić information content (AvgIpc) is 2.87. The number of aromatic hydroxyl groups is 1. The number of nitrogens with one attached hydrogen (secondary N) is 1. The first-order chi connectivity index (χ1) is 10.5. The van der Waals surface area contributed by atoms with Crippen molar-refractivity contribution in [2.75, 3.05) is 7.11 Å². The Morgan fingerprint density at radius 3 is 2.95 bits per heavy atom. The summed E-state index contributed by atoms with van der Waals surface area (Å²) in [6.45, 7) is 0. The predicted molar refractivity (Wildman–Crippen MR) is 87.2 cm³/mol. The molecule has 0 fully saturated rings. The highest BCUT2D eigenvalue weighted by Gasteiger charge is 2.08. The van der Waals surface area contributed by atoms with Crippen molar-refractivity contribution in [3.63, 3.8) is 0 Å². The zero-order valence-corrected chi connectivity index (χ0v) is 13.8. The smallest absolute Gasteiger partial charge is 0.245 e. The molecule has 0 bridgehead atoms. The van der Waals surface area contributed by atoms with Gasteiger partial charge < -0.3 is 14.4 Å². The molecule has 0 atom stereocenters. The maximum absolute atomic E-state index is 11.8. The van der Waals surface area contributed by atoms with Gasteiger partial charge in [-0.15, -0.1) is 0 Å². The number of hydrogen-bond acceptors (Lipinski definition) is 4. The van der Waals surface area contributed by atoms with E-state index in [4.69, 9.17) is 4.74 Å². The molecule has 2 rings (SSSR count). The summed E-state index contributed by atoms with van der Waals surface area (Å²) in [4.78, 5) is 11.8. The molecule has 1 aromatic carbocycles. The van der Waals surface area contributed by atoms with Crippen LogP contribution in [0.5, 0.6) is 11.5 Å². The number of ether oxygens (including phenoxy) is 1. The summed E-state index contributed by atoms with van der Waals surface area (Å²) in [5, 5.41) is 13.6. The molecule has 0 aliphatic carbocycles. The van der Waals surface area contributed by atoms with E-state index in [0.717, 1.165) is 5.69 Å². The third-order valence-corrected chi connectivity index (χ3v) is 3.67. The number of aromatic nitrogens is 1. The molecule has 0 unspecified atom stereocenters. The Morgan fingerprint density at radius 2 is 2.32 bits per heavy atom. The summed E-state index contributed by atoms with van der Waals surface area (Å²) in [5.41, 5.74) is 4.05. The van der Waals surface area contributed by atoms with Gasteiger partial charge in [-0.1, -0.05) is 0 Å². The number of aryl methyl sites for hydroxylation is 1. The minimum absolute atomic E-state index is 0.0207. The van der Waals surface area contributed by atoms with Gasteiger partial charge in [0.25, 0.3) is 0 Å². The normalized spacial score (nSPS) is 10.9. The minimum atomic E-state index is -0.206. The van der Waals surface area contributed by atoms with Crippen LogP contribution in [0.15, 0.2) is 40.0 Å². The zero-order valence-electron chi connectivity index (χ0n) is 12.2. The van der Waals surface area contributed by atoms with Crippen LogP contribution in [0.25, 0.3) is 0 Å². The molecule has 1 aromatic heterocycles. The molecule has 0 saturated heterocycles. The number of methoxy groups -OCH3 is 1. The van der Waals surface area contributed by atoms with E-state index in [1.54, 1.807) is 12.1 Å². The van der Waals surface area contributed by atoms with Crippen molar-refractivity contribution in [1.29, 1.82) is 0 Å². The summed E-state index contributed by atoms with van der Waals surface area (Å²) in [5.74, 6) is 0.140. The van der Waals surface area contributed by atoms with Crippen LogP contribution < -0.4 is 10.2 Å². The van der Waals surface area contributed by atoms with Crippen LogP contribution in [0.4, 0.5) is 0 Å². The van der Waals surface area contributed by atoms with Crippen molar-refractivity contribution in [3.05, 3.63) is 46.2 Å². The van der Waals surface area contributed by atoms with Crippen molar-refractivity contribution >= 4 is 28.1 Å². The van der Waals surface area contributed by atoms with E-state index >= 15 is 0 Å². The van der Waals surface area contributed by atoms with Gasteiger partial charge >= 0.3 is 0 Å². The van der Waals surface area contributed by atoms with E-state index in [1.165, 1.54) is 13.3 Å². The average molecular weight is 366 g/mol. The monoisotopic (exact) mass is 365 g/mol. The van der Waals surface area contributed by atoms with Crippen molar-refractivity contribution < 1.29 is 14.6 Å². The van der Waals surface area contributed by atoms with E-state index in [0.29, 0.717) is 15.8 Å². The van der Waals surface area contributed by atoms with Gasteiger partial charge in [0, 0.05) is 18.9 Å². The molecule has 0 aliphatic heterocycles. The number of amides is 1. The van der Waals surface area contributed by atoms with Gasteiger partial charge in [0.1, 0.15) is 0 Å². The first-order valence-corrected chi connectivity index (χ1v) is 7.29. The Balaban J connectivity index is 1.99. The van der Waals surface area contributed by atoms with Gasteiger partial charge in [-0.2, -0.15) is 5.10 Å². The maximum Gasteiger partial charge on any atom is 0.245 e. The molecule has 0 saturated carbocycles. The van der Waals surface area contributed by atoms with Crippen LogP contribution >= 0.6 is 15.9 Å². The van der Waals surface area contributed by atoms with E-state index in [9.17, 15) is 9.90 Å². The highest BCUT2D eigenvalue weighted by molar-refractivity contribution is 9.10. The Labute approximate surface area is 136 Å². The first kappa shape index (κ1) is 16.1. The fourth-order valence-corrected chi connectivity index (χ4v) is 2.35. The standard InChI is InChI=1S/C15H16BrN3O3/c1-19-5-3-4-11(19)8-14(20)18-17-9-10-6-12(16)15(21)13(7-10)22-2/h3-7,9,21H,8H2,1-2H3,(H,18,20). The molecule has 0 radical (unpaired) electrons. The highest BCUT2D eigenvalue weighted by atomic mass is 79.9. The summed E-state index contributed by atoms with van der Waals surface area (Å²) in [7, 11) is 3.34. The fraction of sp³-hybridized carbons (Fsp3) is 0.200. The minimum Gasteiger partial charge on any atom is -0.503 e. The van der Waals surface area contributed by atoms with Crippen molar-refractivity contribution in [3.8, 4) is 11.5 Å². The largest absolute Gasteiger partial charge is 0.503 e. The second-order valence-corrected chi connectivity index (χ2v) is 5.49. The second-order valence-electron chi connectivity index (χ2n) is 4.63. The van der Waals surface area contributed by atoms with E-state index in [2.05, 4.69) is 26.5 Å². The Kier molecular flexibility index (Phi) is 5.21. The summed E-state index contributed by atoms with van der Waals surface area (Å²) in [6.07, 6.45) is 3.62. The zero-order chi connectivity index (χ0) is 16.1. The van der Waals surface area contributed by atoms with Crippen LogP contribution in [-0.2, 0) is 18.3 Å². The maximum atomic E-state index is 11.8. The van der Waals surface area contributed by atoms with Crippen molar-refractivity contribution in [2.45, 2.75) is 6.42 Å². The molecule has 2 aromatic rings. The molecule has 1 heterocycles. The number of hydrazone groups is 1. The molecule has 0 spiro atoms. The molecule has 0 aliphatic rings. The van der Waals surface area contributed by atoms with Gasteiger partial charge in [-0.3, -0.25) is 4.79 Å². The number of hydrogen-bond donors (Lipinski definition) is 2. The lowest BCUT2D eigenvalue weighted by Crippen LogP contribution is -2.20. The molecule has 116 valence electrons. The second kappa shape index (κ2) is 7.13. The Morgan fingerprint density at radius 1 is 1.55 bits per heavy atom. The SMILES string of the molecule is COc1cc(C=NNC(=O)Cc2cccn2C)cc(Br)c1O. The van der Waals surface area contributed by atoms with Gasteiger partial charge in [-0.05, 0) is 45.8 Å². The first-order valence-electron chi connectivity index (χ1n) is 6.50. The van der Waals surface area contributed by atoms with Crippen LogP contribution in [0.3, 0.4) is 0 Å². The lowest BCUT2D eigenvalue weighted by Gasteiger charge is -2.06. The summed E-state index contributed by atoms with van der Waals surface area (Å²) < 4.78 is 7.41. The quantitative estimate of drug-likeness (QED) is 0.629. The van der Waals surface area contributed by atoms with E-state index in [1.807, 2.05) is 29.9 Å². The number of rotatable bonds is 5. The number of carbonyl (C=O) groups excluding carboxylic acids is 1. The van der Waals surface area contributed by atoms with Crippen LogP contribution in [-0.4, -0.2) is 28.9 Å². The molecule has 2 N–H and O–H groups in total. The van der Waals surface area contributed by atoms with Gasteiger partial charge in [-0.25, -0.2) is 5.43 Å². The lowest BCUT2D eigenvalue weighted by molar-refractivity contribution is -0.120. The number of nitrogens with zero attached hydrogens (tertiary/aromatic N) is 2. The number of carbonyl (C=O) groups is 1. The van der Waals surface area contributed by atoms with Crippen LogP contribution in [0.1, 0.15) is 11.3 Å². The molecule has 7 heteroatoms. The number of halogens is 1. The number of phenolic OH excluding ortho intramolecular Hbond substituents is 1. The molecular formula is C15H16BrN3O3. The van der Waals surface area contributed by atoms with Gasteiger partial charge in [0.05, 0.1) is 24.2 Å². The lowest BCUT2D eigenvalue weighted by atomic mass is 10.2. The number of benzene rings is 1. The summed E-state index contributed by atoms with van der Waals surface area (Å²) in [6, 6.07) is 7.05. The van der Waals surface area contributed by atoms with Crippen LogP contribution in [0, 0.1) is 0 Å². The molecule has 6 nitrogen and oxygen atoms in total. The fourth-order valence-electron chi connectivity index (χ4n) is 1.89. The molecule has 22 heavy (non-hydrogen) atoms. The van der Waals surface area contributed by atoms with Gasteiger partial charge in [0.2, 0.25) is 5.91 Å². The van der Waals surface area contributed by atoms with Gasteiger partial charge in [0.15, 0.2) is 11.5 Å². The van der Waals surface area contributed by atoms with E-state index < -0.39 is 0 Å². The Hall–Kier alpha value is -2.28. The summed E-state index contributed by atoms with van der Waals surface area (Å²) >= 11 is 3.22. The molecular weight excluding hydrogens is 350 g/mol. The highest BCUT2D eigenvalue weighted by Crippen LogP contribution is 2.34. The predicted octanol–water partition coefficient (Wildman–Crippen LogP) is 2.19. The van der Waals surface area contributed by atoms with E-state index in [-0.39, 0.29) is 18.1 Å².